The minimum absolute atomic E-state index is 0.249. The van der Waals surface area contributed by atoms with Crippen molar-refractivity contribution in [2.24, 2.45) is 5.73 Å². The number of aliphatic hydroxyl groups excluding tert-OH is 1. The molecule has 7 N–H and O–H groups in total. The zero-order valence-electron chi connectivity index (χ0n) is 14.6. The van der Waals surface area contributed by atoms with E-state index < -0.39 is 67.4 Å². The van der Waals surface area contributed by atoms with E-state index in [4.69, 9.17) is 21.1 Å². The highest BCUT2D eigenvalue weighted by atomic mass is 16.4. The maximum absolute atomic E-state index is 12.2. The van der Waals surface area contributed by atoms with Crippen LogP contribution in [0.4, 0.5) is 0 Å². The van der Waals surface area contributed by atoms with E-state index in [1.165, 1.54) is 0 Å². The number of amides is 3. The Hall–Kier alpha value is -2.73. The highest BCUT2D eigenvalue weighted by molar-refractivity contribution is 5.93. The molecule has 1 aliphatic heterocycles. The van der Waals surface area contributed by atoms with Gasteiger partial charge in [-0.15, -0.1) is 0 Å². The van der Waals surface area contributed by atoms with Crippen molar-refractivity contribution in [2.45, 2.75) is 43.8 Å². The first-order chi connectivity index (χ1) is 12.7. The Labute approximate surface area is 154 Å². The maximum atomic E-state index is 12.2. The molecular weight excluding hydrogens is 364 g/mol. The van der Waals surface area contributed by atoms with Gasteiger partial charge in [0.15, 0.2) is 0 Å². The molecular formula is C15H24N4O8. The van der Waals surface area contributed by atoms with Gasteiger partial charge in [0.25, 0.3) is 0 Å². The van der Waals surface area contributed by atoms with Crippen LogP contribution in [0, 0.1) is 0 Å². The van der Waals surface area contributed by atoms with Crippen LogP contribution in [0.15, 0.2) is 0 Å². The number of hydrogen-bond donors (Lipinski definition) is 6. The van der Waals surface area contributed by atoms with Gasteiger partial charge in [-0.2, -0.15) is 0 Å². The van der Waals surface area contributed by atoms with Gasteiger partial charge in [0.2, 0.25) is 17.7 Å². The summed E-state index contributed by atoms with van der Waals surface area (Å²) >= 11 is 0. The molecule has 27 heavy (non-hydrogen) atoms. The number of rotatable bonds is 10. The van der Waals surface area contributed by atoms with Gasteiger partial charge < -0.3 is 36.6 Å². The van der Waals surface area contributed by atoms with E-state index in [9.17, 15) is 24.0 Å². The van der Waals surface area contributed by atoms with Crippen molar-refractivity contribution in [3.63, 3.8) is 0 Å². The van der Waals surface area contributed by atoms with Crippen molar-refractivity contribution in [3.05, 3.63) is 0 Å². The summed E-state index contributed by atoms with van der Waals surface area (Å²) in [4.78, 5) is 59.1. The third-order valence-corrected chi connectivity index (χ3v) is 4.09. The van der Waals surface area contributed by atoms with Crippen LogP contribution in [0.2, 0.25) is 0 Å². The molecule has 12 nitrogen and oxygen atoms in total. The quantitative estimate of drug-likeness (QED) is 0.223. The summed E-state index contributed by atoms with van der Waals surface area (Å²) < 4.78 is 0. The van der Waals surface area contributed by atoms with Gasteiger partial charge in [0, 0.05) is 13.0 Å². The van der Waals surface area contributed by atoms with Crippen LogP contribution < -0.4 is 16.4 Å². The number of nitrogens with one attached hydrogen (secondary N) is 2. The van der Waals surface area contributed by atoms with E-state index in [2.05, 4.69) is 10.6 Å². The van der Waals surface area contributed by atoms with Crippen LogP contribution in [0.3, 0.4) is 0 Å². The molecule has 0 aliphatic carbocycles. The van der Waals surface area contributed by atoms with Crippen molar-refractivity contribution < 1.29 is 39.3 Å². The van der Waals surface area contributed by atoms with Crippen LogP contribution in [-0.2, 0) is 24.0 Å². The Balaban J connectivity index is 2.66. The number of carboxylic acids is 2. The Kier molecular flexibility index (Phi) is 8.62. The first kappa shape index (κ1) is 22.3. The Morgan fingerprint density at radius 2 is 1.81 bits per heavy atom. The van der Waals surface area contributed by atoms with E-state index >= 15 is 0 Å². The second-order valence-electron chi connectivity index (χ2n) is 6.08. The molecule has 0 aromatic rings. The van der Waals surface area contributed by atoms with Gasteiger partial charge in [-0.05, 0) is 19.3 Å². The molecule has 1 saturated heterocycles. The summed E-state index contributed by atoms with van der Waals surface area (Å²) in [6.07, 6.45) is 0.187. The average molecular weight is 388 g/mol. The zero-order valence-corrected chi connectivity index (χ0v) is 14.6. The smallest absolute Gasteiger partial charge is 0.326 e. The van der Waals surface area contributed by atoms with Crippen molar-refractivity contribution in [1.82, 2.24) is 15.5 Å². The lowest BCUT2D eigenvalue weighted by atomic mass is 10.1. The van der Waals surface area contributed by atoms with Crippen molar-refractivity contribution in [3.8, 4) is 0 Å². The number of nitrogens with two attached hydrogens (primary N) is 1. The van der Waals surface area contributed by atoms with E-state index in [-0.39, 0.29) is 13.0 Å². The van der Waals surface area contributed by atoms with Crippen LogP contribution in [0.25, 0.3) is 0 Å². The van der Waals surface area contributed by atoms with Crippen LogP contribution in [0.1, 0.15) is 25.7 Å². The highest BCUT2D eigenvalue weighted by Gasteiger charge is 2.34. The number of likely N-dealkylation sites (tertiary alicyclic amines) is 1. The molecule has 0 radical (unpaired) electrons. The molecule has 152 valence electrons. The number of carbonyl (C=O) groups excluding carboxylic acids is 3. The van der Waals surface area contributed by atoms with E-state index in [1.807, 2.05) is 0 Å². The summed E-state index contributed by atoms with van der Waals surface area (Å²) in [5.74, 6) is -4.57. The van der Waals surface area contributed by atoms with Crippen LogP contribution >= 0.6 is 0 Å². The SMILES string of the molecule is NC(CO)C(=O)NC(CCC(=O)O)C(=O)NCC(=O)N1CCCC1C(=O)O. The number of hydrogen-bond acceptors (Lipinski definition) is 7. The van der Waals surface area contributed by atoms with E-state index in [1.54, 1.807) is 0 Å². The maximum Gasteiger partial charge on any atom is 0.326 e. The normalized spacial score (nSPS) is 18.4. The molecule has 12 heteroatoms. The molecule has 0 aromatic carbocycles. The third kappa shape index (κ3) is 6.83. The summed E-state index contributed by atoms with van der Waals surface area (Å²) in [6.45, 7) is -0.895. The summed E-state index contributed by atoms with van der Waals surface area (Å²) in [5.41, 5.74) is 5.34. The minimum Gasteiger partial charge on any atom is -0.481 e. The number of aliphatic carboxylic acids is 2. The lowest BCUT2D eigenvalue weighted by Gasteiger charge is -2.23. The van der Waals surface area contributed by atoms with Gasteiger partial charge in [0.1, 0.15) is 18.1 Å². The molecule has 0 spiro atoms. The molecule has 0 saturated carbocycles. The number of nitrogens with zero attached hydrogens (tertiary/aromatic N) is 1. The average Bonchev–Trinajstić information content (AvgIpc) is 3.11. The predicted molar refractivity (Wildman–Crippen MR) is 89.2 cm³/mol. The molecule has 1 heterocycles. The molecule has 0 bridgehead atoms. The number of carbonyl (C=O) groups is 5. The van der Waals surface area contributed by atoms with Gasteiger partial charge in [-0.25, -0.2) is 4.79 Å². The first-order valence-corrected chi connectivity index (χ1v) is 8.36. The van der Waals surface area contributed by atoms with Crippen LogP contribution in [0.5, 0.6) is 0 Å². The van der Waals surface area contributed by atoms with Crippen molar-refractivity contribution in [1.29, 1.82) is 0 Å². The summed E-state index contributed by atoms with van der Waals surface area (Å²) in [7, 11) is 0. The zero-order chi connectivity index (χ0) is 20.6. The molecule has 1 fully saturated rings. The Morgan fingerprint density at radius 1 is 1.15 bits per heavy atom. The van der Waals surface area contributed by atoms with E-state index in [0.29, 0.717) is 12.8 Å². The molecule has 1 aliphatic rings. The molecule has 3 amide bonds. The summed E-state index contributed by atoms with van der Waals surface area (Å²) in [6, 6.07) is -3.50. The number of aliphatic hydroxyl groups is 1. The summed E-state index contributed by atoms with van der Waals surface area (Å²) in [5, 5.41) is 31.2. The fourth-order valence-corrected chi connectivity index (χ4v) is 2.61. The Morgan fingerprint density at radius 3 is 2.37 bits per heavy atom. The van der Waals surface area contributed by atoms with Gasteiger partial charge in [0.05, 0.1) is 13.2 Å². The molecule has 0 aromatic heterocycles. The molecule has 3 atom stereocenters. The monoisotopic (exact) mass is 388 g/mol. The lowest BCUT2D eigenvalue weighted by Crippen LogP contribution is -2.54. The highest BCUT2D eigenvalue weighted by Crippen LogP contribution is 2.17. The fraction of sp³-hybridized carbons (Fsp3) is 0.667. The molecule has 1 rings (SSSR count). The minimum atomic E-state index is -1.28. The van der Waals surface area contributed by atoms with Crippen LogP contribution in [-0.4, -0.2) is 87.7 Å². The molecule has 3 unspecified atom stereocenters. The third-order valence-electron chi connectivity index (χ3n) is 4.09. The van der Waals surface area contributed by atoms with Gasteiger partial charge in [-0.3, -0.25) is 19.2 Å². The van der Waals surface area contributed by atoms with Crippen molar-refractivity contribution >= 4 is 29.7 Å². The second kappa shape index (κ2) is 10.4. The fourth-order valence-electron chi connectivity index (χ4n) is 2.61. The first-order valence-electron chi connectivity index (χ1n) is 8.36. The van der Waals surface area contributed by atoms with Gasteiger partial charge in [-0.1, -0.05) is 0 Å². The Bertz CT molecular complexity index is 596. The van der Waals surface area contributed by atoms with Gasteiger partial charge >= 0.3 is 11.9 Å². The van der Waals surface area contributed by atoms with E-state index in [0.717, 1.165) is 4.90 Å². The number of carboxylic acid groups (broad SMARTS) is 2. The topological polar surface area (TPSA) is 199 Å². The standard InChI is InChI=1S/C15H24N4O8/c16-8(7-20)13(24)18-9(3-4-12(22)23)14(25)17-6-11(21)19-5-1-2-10(19)15(26)27/h8-10,20H,1-7,16H2,(H,17,25)(H,18,24)(H,22,23)(H,26,27). The second-order valence-corrected chi connectivity index (χ2v) is 6.08. The largest absolute Gasteiger partial charge is 0.481 e. The predicted octanol–water partition coefficient (Wildman–Crippen LogP) is -3.15. The lowest BCUT2D eigenvalue weighted by molar-refractivity contribution is -0.148. The van der Waals surface area contributed by atoms with Crippen molar-refractivity contribution in [2.75, 3.05) is 19.7 Å².